The molecule has 3 aliphatic rings. The van der Waals surface area contributed by atoms with Crippen molar-refractivity contribution in [1.82, 2.24) is 0 Å². The molecule has 11 heteroatoms. The largest absolute Gasteiger partial charge is 0.394 e. The van der Waals surface area contributed by atoms with Crippen LogP contribution in [-0.2, 0) is 28.4 Å². The van der Waals surface area contributed by atoms with Crippen molar-refractivity contribution in [1.29, 1.82) is 0 Å². The fourth-order valence-corrected chi connectivity index (χ4v) is 4.31. The van der Waals surface area contributed by atoms with Gasteiger partial charge in [0.05, 0.1) is 6.61 Å². The van der Waals surface area contributed by atoms with Crippen molar-refractivity contribution < 1.29 is 48.8 Å². The Labute approximate surface area is 168 Å². The van der Waals surface area contributed by atoms with Crippen LogP contribution in [0, 0.1) is 0 Å². The second kappa shape index (κ2) is 8.98. The molecule has 0 saturated carbocycles. The summed E-state index contributed by atoms with van der Waals surface area (Å²) < 4.78 is 34.3. The van der Waals surface area contributed by atoms with Gasteiger partial charge < -0.3 is 48.8 Å². The van der Waals surface area contributed by atoms with Crippen molar-refractivity contribution in [2.75, 3.05) is 26.6 Å². The molecule has 0 spiro atoms. The summed E-state index contributed by atoms with van der Waals surface area (Å²) in [6, 6.07) is 0. The molecule has 0 radical (unpaired) electrons. The van der Waals surface area contributed by atoms with Gasteiger partial charge in [0.1, 0.15) is 42.7 Å². The highest BCUT2D eigenvalue weighted by Gasteiger charge is 2.55. The van der Waals surface area contributed by atoms with Gasteiger partial charge in [-0.2, -0.15) is 11.8 Å². The van der Waals surface area contributed by atoms with Gasteiger partial charge in [-0.3, -0.25) is 0 Å². The van der Waals surface area contributed by atoms with E-state index in [9.17, 15) is 20.4 Å². The van der Waals surface area contributed by atoms with Crippen molar-refractivity contribution in [2.45, 2.75) is 80.2 Å². The molecule has 0 bridgehead atoms. The van der Waals surface area contributed by atoms with Crippen LogP contribution in [0.2, 0.25) is 0 Å². The van der Waals surface area contributed by atoms with E-state index in [0.717, 1.165) is 5.75 Å². The van der Waals surface area contributed by atoms with Gasteiger partial charge in [-0.15, -0.1) is 0 Å². The third-order valence-electron chi connectivity index (χ3n) is 5.09. The number of hydrogen-bond donors (Lipinski definition) is 4. The zero-order chi connectivity index (χ0) is 20.6. The monoisotopic (exact) mass is 426 g/mol. The molecule has 3 heterocycles. The van der Waals surface area contributed by atoms with Crippen molar-refractivity contribution in [3.05, 3.63) is 0 Å². The van der Waals surface area contributed by atoms with E-state index in [0.29, 0.717) is 0 Å². The first-order valence-corrected chi connectivity index (χ1v) is 10.3. The number of rotatable bonds is 8. The van der Waals surface area contributed by atoms with E-state index in [4.69, 9.17) is 28.4 Å². The highest BCUT2D eigenvalue weighted by molar-refractivity contribution is 8.06. The van der Waals surface area contributed by atoms with Gasteiger partial charge in [-0.05, 0) is 13.8 Å². The van der Waals surface area contributed by atoms with E-state index in [2.05, 4.69) is 0 Å². The Morgan fingerprint density at radius 3 is 2.18 bits per heavy atom. The van der Waals surface area contributed by atoms with Crippen LogP contribution in [0.5, 0.6) is 0 Å². The molecule has 0 aromatic heterocycles. The maximum absolute atomic E-state index is 10.3. The second-order valence-electron chi connectivity index (χ2n) is 7.57. The molecule has 0 aliphatic carbocycles. The molecule has 3 fully saturated rings. The molecule has 3 rings (SSSR count). The molecule has 3 aliphatic heterocycles. The Morgan fingerprint density at radius 2 is 1.64 bits per heavy atom. The molecule has 0 aromatic carbocycles. The van der Waals surface area contributed by atoms with E-state index < -0.39 is 67.7 Å². The first-order valence-electron chi connectivity index (χ1n) is 9.21. The quantitative estimate of drug-likeness (QED) is 0.265. The Kier molecular flexibility index (Phi) is 7.26. The third-order valence-corrected chi connectivity index (χ3v) is 6.07. The number of hydrogen-bond acceptors (Lipinski definition) is 11. The topological polar surface area (TPSA) is 136 Å². The predicted molar refractivity (Wildman–Crippen MR) is 96.5 cm³/mol. The highest BCUT2D eigenvalue weighted by Crippen LogP contribution is 2.43. The molecule has 10 nitrogen and oxygen atoms in total. The Balaban J connectivity index is 1.79. The van der Waals surface area contributed by atoms with Crippen molar-refractivity contribution in [3.63, 3.8) is 0 Å². The van der Waals surface area contributed by atoms with Gasteiger partial charge in [0.2, 0.25) is 0 Å². The fourth-order valence-electron chi connectivity index (χ4n) is 3.60. The lowest BCUT2D eigenvalue weighted by Crippen LogP contribution is -2.61. The van der Waals surface area contributed by atoms with Gasteiger partial charge in [-0.1, -0.05) is 0 Å². The number of ether oxygens (including phenoxy) is 6. The molecule has 9 atom stereocenters. The van der Waals surface area contributed by atoms with Gasteiger partial charge >= 0.3 is 0 Å². The van der Waals surface area contributed by atoms with E-state index in [1.165, 1.54) is 14.2 Å². The van der Waals surface area contributed by atoms with Gasteiger partial charge in [0, 0.05) is 25.2 Å². The lowest BCUT2D eigenvalue weighted by atomic mass is 9.99. The van der Waals surface area contributed by atoms with Crippen molar-refractivity contribution in [2.24, 2.45) is 0 Å². The summed E-state index contributed by atoms with van der Waals surface area (Å²) in [4.78, 5) is 0. The molecule has 28 heavy (non-hydrogen) atoms. The first kappa shape index (κ1) is 22.6. The van der Waals surface area contributed by atoms with Crippen LogP contribution in [0.15, 0.2) is 0 Å². The van der Waals surface area contributed by atoms with Crippen LogP contribution in [-0.4, -0.2) is 113 Å². The van der Waals surface area contributed by atoms with E-state index in [1.807, 2.05) is 0 Å². The van der Waals surface area contributed by atoms with E-state index >= 15 is 0 Å². The Morgan fingerprint density at radius 1 is 1.04 bits per heavy atom. The first-order chi connectivity index (χ1) is 13.2. The van der Waals surface area contributed by atoms with Gasteiger partial charge in [0.15, 0.2) is 18.4 Å². The number of thioether (sulfide) groups is 1. The summed E-state index contributed by atoms with van der Waals surface area (Å²) >= 11 is 1.65. The lowest BCUT2D eigenvalue weighted by Gasteiger charge is -2.41. The number of methoxy groups -OCH3 is 2. The Bertz CT molecular complexity index is 512. The van der Waals surface area contributed by atoms with Crippen LogP contribution >= 0.6 is 11.8 Å². The third kappa shape index (κ3) is 4.65. The van der Waals surface area contributed by atoms with Gasteiger partial charge in [0.25, 0.3) is 0 Å². The summed E-state index contributed by atoms with van der Waals surface area (Å²) in [5.41, 5.74) is 0. The maximum atomic E-state index is 10.3. The molecule has 3 saturated heterocycles. The predicted octanol–water partition coefficient (Wildman–Crippen LogP) is -1.57. The zero-order valence-electron chi connectivity index (χ0n) is 16.3. The summed E-state index contributed by atoms with van der Waals surface area (Å²) in [6.45, 7) is 3.02. The molecular weight excluding hydrogens is 396 g/mol. The molecule has 164 valence electrons. The molecule has 4 N–H and O–H groups in total. The molecule has 0 amide bonds. The fraction of sp³-hybridized carbons (Fsp3) is 1.00. The summed E-state index contributed by atoms with van der Waals surface area (Å²) in [5, 5.41) is 39.7. The van der Waals surface area contributed by atoms with Crippen LogP contribution in [0.4, 0.5) is 0 Å². The minimum Gasteiger partial charge on any atom is -0.394 e. The van der Waals surface area contributed by atoms with Crippen molar-refractivity contribution >= 4 is 11.8 Å². The minimum atomic E-state index is -1.51. The standard InChI is InChI=1S/C17H30O10S/c1-17(2)26-13(14(27-17)16(22-3)23-4)12(8-6-28-8)25-15-11(21)10(20)9(19)7(5-18)24-15/h7-16,18-21H,5-6H2,1-4H3/t7-,8+,9+,10+,11-,12-,13+,14-,15+/m1/s1. The average Bonchev–Trinajstić information content (AvgIpc) is 3.44. The molecule has 0 aromatic rings. The minimum absolute atomic E-state index is 0.0618. The Hall–Kier alpha value is -0.0500. The highest BCUT2D eigenvalue weighted by atomic mass is 32.2. The molecule has 0 unspecified atom stereocenters. The van der Waals surface area contributed by atoms with Gasteiger partial charge in [-0.25, -0.2) is 0 Å². The SMILES string of the molecule is COC(OC)[C@@H]1OC(C)(C)O[C@H]1[C@H](O[C@@H]1O[C@H](CO)[C@H](O)[C@H](O)[C@H]1O)[C@@H]1CS1. The number of aliphatic hydroxyl groups excluding tert-OH is 4. The average molecular weight is 426 g/mol. The van der Waals surface area contributed by atoms with Crippen LogP contribution in [0.25, 0.3) is 0 Å². The van der Waals surface area contributed by atoms with Crippen LogP contribution in [0.1, 0.15) is 13.8 Å². The molecular formula is C17H30O10S. The zero-order valence-corrected chi connectivity index (χ0v) is 17.2. The van der Waals surface area contributed by atoms with Crippen molar-refractivity contribution in [3.8, 4) is 0 Å². The maximum Gasteiger partial charge on any atom is 0.187 e. The van der Waals surface area contributed by atoms with E-state index in [-0.39, 0.29) is 5.25 Å². The second-order valence-corrected chi connectivity index (χ2v) is 8.85. The van der Waals surface area contributed by atoms with E-state index in [1.54, 1.807) is 25.6 Å². The summed E-state index contributed by atoms with van der Waals surface area (Å²) in [7, 11) is 3.00. The van der Waals surface area contributed by atoms with Crippen LogP contribution < -0.4 is 0 Å². The smallest absolute Gasteiger partial charge is 0.187 e. The lowest BCUT2D eigenvalue weighted by molar-refractivity contribution is -0.318. The number of aliphatic hydroxyl groups is 4. The normalized spacial score (nSPS) is 44.0. The summed E-state index contributed by atoms with van der Waals surface area (Å²) in [5.74, 6) is -0.0824. The summed E-state index contributed by atoms with van der Waals surface area (Å²) in [6.07, 6.45) is -9.19. The van der Waals surface area contributed by atoms with Crippen LogP contribution in [0.3, 0.4) is 0 Å².